The van der Waals surface area contributed by atoms with Gasteiger partial charge in [0.25, 0.3) is 0 Å². The fraction of sp³-hybridized carbons (Fsp3) is 0.364. The molecule has 0 aromatic heterocycles. The monoisotopic (exact) mass is 281 g/mol. The number of carbonyl (C=O) groups excluding carboxylic acids is 1. The Bertz CT molecular complexity index is 388. The van der Waals surface area contributed by atoms with Crippen molar-refractivity contribution in [1.29, 1.82) is 0 Å². The summed E-state index contributed by atoms with van der Waals surface area (Å²) in [6.07, 6.45) is 0.0514. The zero-order valence-electron chi connectivity index (χ0n) is 9.28. The van der Waals surface area contributed by atoms with E-state index < -0.39 is 11.9 Å². The molecule has 1 rings (SSSR count). The summed E-state index contributed by atoms with van der Waals surface area (Å²) in [5.74, 6) is -0.885. The Morgan fingerprint density at radius 3 is 2.76 bits per heavy atom. The van der Waals surface area contributed by atoms with Gasteiger partial charge in [-0.05, 0) is 24.6 Å². The fourth-order valence-corrected chi connectivity index (χ4v) is 1.45. The van der Waals surface area contributed by atoms with Gasteiger partial charge in [-0.25, -0.2) is 4.39 Å². The van der Waals surface area contributed by atoms with E-state index in [1.807, 2.05) is 0 Å². The summed E-state index contributed by atoms with van der Waals surface area (Å²) < 4.78 is 17.6. The molecule has 0 saturated carbocycles. The maximum absolute atomic E-state index is 12.9. The van der Waals surface area contributed by atoms with E-state index in [4.69, 9.17) is 22.1 Å². The number of ether oxygens (including phenoxy) is 1. The molecule has 0 aliphatic rings. The van der Waals surface area contributed by atoms with Gasteiger partial charge < -0.3 is 10.5 Å². The number of benzene rings is 1. The number of rotatable bonds is 4. The quantitative estimate of drug-likeness (QED) is 0.864. The van der Waals surface area contributed by atoms with Crippen molar-refractivity contribution >= 4 is 30.0 Å². The lowest BCUT2D eigenvalue weighted by Gasteiger charge is -2.11. The third-order valence-electron chi connectivity index (χ3n) is 2.06. The third-order valence-corrected chi connectivity index (χ3v) is 2.35. The highest BCUT2D eigenvalue weighted by atomic mass is 35.5. The van der Waals surface area contributed by atoms with Gasteiger partial charge in [-0.1, -0.05) is 17.7 Å². The van der Waals surface area contributed by atoms with Crippen LogP contribution in [0, 0.1) is 5.82 Å². The van der Waals surface area contributed by atoms with Gasteiger partial charge in [0.15, 0.2) is 0 Å². The van der Waals surface area contributed by atoms with E-state index in [-0.39, 0.29) is 29.8 Å². The van der Waals surface area contributed by atoms with Crippen molar-refractivity contribution in [3.05, 3.63) is 34.6 Å². The highest BCUT2D eigenvalue weighted by Crippen LogP contribution is 2.21. The average Bonchev–Trinajstić information content (AvgIpc) is 2.22. The van der Waals surface area contributed by atoms with E-state index in [1.54, 1.807) is 6.92 Å². The molecule has 0 spiro atoms. The van der Waals surface area contributed by atoms with Gasteiger partial charge in [0.1, 0.15) is 5.82 Å². The van der Waals surface area contributed by atoms with Crippen LogP contribution in [-0.2, 0) is 9.53 Å². The van der Waals surface area contributed by atoms with E-state index in [0.29, 0.717) is 12.2 Å². The van der Waals surface area contributed by atoms with Crippen LogP contribution < -0.4 is 5.73 Å². The smallest absolute Gasteiger partial charge is 0.307 e. The van der Waals surface area contributed by atoms with E-state index in [2.05, 4.69) is 0 Å². The van der Waals surface area contributed by atoms with Gasteiger partial charge in [0.2, 0.25) is 0 Å². The fourth-order valence-electron chi connectivity index (χ4n) is 1.26. The van der Waals surface area contributed by atoms with Crippen molar-refractivity contribution in [2.24, 2.45) is 5.73 Å². The first-order valence-corrected chi connectivity index (χ1v) is 5.28. The lowest BCUT2D eigenvalue weighted by molar-refractivity contribution is -0.143. The Kier molecular flexibility index (Phi) is 7.11. The van der Waals surface area contributed by atoms with Gasteiger partial charge in [-0.2, -0.15) is 0 Å². The van der Waals surface area contributed by atoms with Crippen molar-refractivity contribution < 1.29 is 13.9 Å². The first-order chi connectivity index (χ1) is 7.54. The zero-order chi connectivity index (χ0) is 12.1. The minimum atomic E-state index is -0.530. The minimum Gasteiger partial charge on any atom is -0.466 e. The maximum Gasteiger partial charge on any atom is 0.307 e. The van der Waals surface area contributed by atoms with Crippen molar-refractivity contribution in [2.45, 2.75) is 19.4 Å². The molecule has 2 N–H and O–H groups in total. The van der Waals surface area contributed by atoms with Crippen LogP contribution in [0.5, 0.6) is 0 Å². The topological polar surface area (TPSA) is 52.3 Å². The van der Waals surface area contributed by atoms with Crippen LogP contribution in [0.15, 0.2) is 18.2 Å². The van der Waals surface area contributed by atoms with Crippen LogP contribution in [0.3, 0.4) is 0 Å². The van der Waals surface area contributed by atoms with Crippen LogP contribution in [0.25, 0.3) is 0 Å². The molecule has 17 heavy (non-hydrogen) atoms. The zero-order valence-corrected chi connectivity index (χ0v) is 10.9. The highest BCUT2D eigenvalue weighted by molar-refractivity contribution is 6.30. The summed E-state index contributed by atoms with van der Waals surface area (Å²) >= 11 is 5.61. The standard InChI is InChI=1S/C11H13ClFNO2.ClH/c1-2-16-11(15)6-10(14)7-3-4-9(13)8(12)5-7;/h3-5,10H,2,6,14H2,1H3;1H/t10-;/m1./s1. The average molecular weight is 282 g/mol. The number of esters is 1. The van der Waals surface area contributed by atoms with Gasteiger partial charge >= 0.3 is 5.97 Å². The number of hydrogen-bond acceptors (Lipinski definition) is 3. The second-order valence-electron chi connectivity index (χ2n) is 3.29. The molecule has 6 heteroatoms. The predicted molar refractivity (Wildman–Crippen MR) is 66.8 cm³/mol. The highest BCUT2D eigenvalue weighted by Gasteiger charge is 2.13. The van der Waals surface area contributed by atoms with Crippen molar-refractivity contribution in [3.8, 4) is 0 Å². The van der Waals surface area contributed by atoms with Gasteiger partial charge in [-0.15, -0.1) is 12.4 Å². The van der Waals surface area contributed by atoms with Crippen LogP contribution in [0.1, 0.15) is 24.9 Å². The molecule has 0 fully saturated rings. The van der Waals surface area contributed by atoms with E-state index >= 15 is 0 Å². The number of nitrogens with two attached hydrogens (primary N) is 1. The molecule has 0 aliphatic carbocycles. The molecule has 0 aliphatic heterocycles. The molecular formula is C11H14Cl2FNO2. The summed E-state index contributed by atoms with van der Waals surface area (Å²) in [5, 5.41) is -0.00295. The molecule has 1 aromatic carbocycles. The minimum absolute atomic E-state index is 0. The van der Waals surface area contributed by atoms with Crippen molar-refractivity contribution in [3.63, 3.8) is 0 Å². The molecule has 0 heterocycles. The number of halogens is 3. The first kappa shape index (κ1) is 16.2. The van der Waals surface area contributed by atoms with E-state index in [9.17, 15) is 9.18 Å². The molecule has 1 atom stereocenters. The SMILES string of the molecule is CCOC(=O)C[C@@H](N)c1ccc(F)c(Cl)c1.Cl. The summed E-state index contributed by atoms with van der Waals surface area (Å²) in [4.78, 5) is 11.2. The Hall–Kier alpha value is -0.840. The van der Waals surface area contributed by atoms with Crippen LogP contribution >= 0.6 is 24.0 Å². The summed E-state index contributed by atoms with van der Waals surface area (Å²) in [5.41, 5.74) is 6.37. The Morgan fingerprint density at radius 2 is 2.24 bits per heavy atom. The third kappa shape index (κ3) is 4.89. The maximum atomic E-state index is 12.9. The van der Waals surface area contributed by atoms with Gasteiger partial charge in [-0.3, -0.25) is 4.79 Å². The molecule has 0 unspecified atom stereocenters. The molecule has 0 radical (unpaired) electrons. The lowest BCUT2D eigenvalue weighted by Crippen LogP contribution is -2.17. The second kappa shape index (κ2) is 7.48. The summed E-state index contributed by atoms with van der Waals surface area (Å²) in [6.45, 7) is 2.04. The normalized spacial score (nSPS) is 11.5. The van der Waals surface area contributed by atoms with E-state index in [0.717, 1.165) is 0 Å². The Balaban J connectivity index is 0.00000256. The Morgan fingerprint density at radius 1 is 1.59 bits per heavy atom. The largest absolute Gasteiger partial charge is 0.466 e. The predicted octanol–water partition coefficient (Wildman–Crippen LogP) is 2.85. The van der Waals surface area contributed by atoms with Crippen molar-refractivity contribution in [2.75, 3.05) is 6.61 Å². The lowest BCUT2D eigenvalue weighted by atomic mass is 10.0. The molecule has 0 saturated heterocycles. The summed E-state index contributed by atoms with van der Waals surface area (Å²) in [7, 11) is 0. The van der Waals surface area contributed by atoms with Crippen LogP contribution in [0.2, 0.25) is 5.02 Å². The summed E-state index contributed by atoms with van der Waals surface area (Å²) in [6, 6.07) is 3.62. The molecule has 3 nitrogen and oxygen atoms in total. The molecule has 96 valence electrons. The molecule has 0 amide bonds. The molecule has 0 bridgehead atoms. The number of carbonyl (C=O) groups is 1. The van der Waals surface area contributed by atoms with Crippen molar-refractivity contribution in [1.82, 2.24) is 0 Å². The molecule has 1 aromatic rings. The van der Waals surface area contributed by atoms with E-state index in [1.165, 1.54) is 18.2 Å². The van der Waals surface area contributed by atoms with Crippen LogP contribution in [-0.4, -0.2) is 12.6 Å². The first-order valence-electron chi connectivity index (χ1n) is 4.90. The van der Waals surface area contributed by atoms with Gasteiger partial charge in [0.05, 0.1) is 18.1 Å². The Labute approximate surface area is 110 Å². The van der Waals surface area contributed by atoms with Crippen LogP contribution in [0.4, 0.5) is 4.39 Å². The van der Waals surface area contributed by atoms with Gasteiger partial charge in [0, 0.05) is 6.04 Å². The second-order valence-corrected chi connectivity index (χ2v) is 3.70. The molecular weight excluding hydrogens is 268 g/mol. The number of hydrogen-bond donors (Lipinski definition) is 1.